The molecule has 0 aliphatic carbocycles. The van der Waals surface area contributed by atoms with E-state index in [9.17, 15) is 4.79 Å². The first-order valence-electron chi connectivity index (χ1n) is 7.97. The van der Waals surface area contributed by atoms with Crippen LogP contribution in [0.2, 0.25) is 5.02 Å². The van der Waals surface area contributed by atoms with Crippen LogP contribution in [0.4, 0.5) is 0 Å². The Labute approximate surface area is 144 Å². The molecule has 124 valence electrons. The van der Waals surface area contributed by atoms with Gasteiger partial charge in [-0.3, -0.25) is 14.8 Å². The fourth-order valence-electron chi connectivity index (χ4n) is 3.24. The molecule has 3 heterocycles. The number of halogens is 1. The van der Waals surface area contributed by atoms with Gasteiger partial charge in [-0.2, -0.15) is 0 Å². The van der Waals surface area contributed by atoms with Crippen LogP contribution in [0.1, 0.15) is 17.3 Å². The lowest BCUT2D eigenvalue weighted by molar-refractivity contribution is 0.152. The van der Waals surface area contributed by atoms with Gasteiger partial charge in [0, 0.05) is 55.6 Å². The normalized spacial score (nSPS) is 19.0. The molecule has 0 radical (unpaired) electrons. The summed E-state index contributed by atoms with van der Waals surface area (Å²) < 4.78 is 1.44. The van der Waals surface area contributed by atoms with Crippen molar-refractivity contribution in [1.29, 1.82) is 0 Å². The van der Waals surface area contributed by atoms with Crippen molar-refractivity contribution < 1.29 is 0 Å². The minimum Gasteiger partial charge on any atom is -0.314 e. The average Bonchev–Trinajstić information content (AvgIpc) is 3.04. The molecule has 1 unspecified atom stereocenters. The highest BCUT2D eigenvalue weighted by Crippen LogP contribution is 2.25. The Morgan fingerprint density at radius 3 is 3.08 bits per heavy atom. The van der Waals surface area contributed by atoms with Crippen molar-refractivity contribution in [1.82, 2.24) is 24.8 Å². The first kappa shape index (κ1) is 15.4. The lowest BCUT2D eigenvalue weighted by Crippen LogP contribution is -2.45. The van der Waals surface area contributed by atoms with E-state index in [1.807, 2.05) is 18.2 Å². The highest BCUT2D eigenvalue weighted by molar-refractivity contribution is 6.30. The Balaban J connectivity index is 1.64. The first-order chi connectivity index (χ1) is 11.7. The molecule has 1 fully saturated rings. The van der Waals surface area contributed by atoms with Crippen molar-refractivity contribution in [3.05, 3.63) is 69.2 Å². The molecule has 1 saturated heterocycles. The van der Waals surface area contributed by atoms with E-state index in [0.29, 0.717) is 12.2 Å². The van der Waals surface area contributed by atoms with Crippen molar-refractivity contribution in [3.8, 4) is 0 Å². The number of aromatic nitrogens is 3. The lowest BCUT2D eigenvalue weighted by atomic mass is 10.0. The predicted molar refractivity (Wildman–Crippen MR) is 93.3 cm³/mol. The quantitative estimate of drug-likeness (QED) is 0.761. The molecule has 3 aromatic rings. The van der Waals surface area contributed by atoms with E-state index in [1.54, 1.807) is 18.3 Å². The van der Waals surface area contributed by atoms with Crippen LogP contribution in [0.15, 0.2) is 47.4 Å². The maximum atomic E-state index is 12.1. The molecule has 0 amide bonds. The molecule has 24 heavy (non-hydrogen) atoms. The largest absolute Gasteiger partial charge is 0.314 e. The molecule has 0 saturated carbocycles. The van der Waals surface area contributed by atoms with Gasteiger partial charge < -0.3 is 5.32 Å². The minimum absolute atomic E-state index is 0.0885. The molecule has 4 rings (SSSR count). The number of hydrogen-bond donors (Lipinski definition) is 2. The maximum Gasteiger partial charge on any atom is 0.272 e. The van der Waals surface area contributed by atoms with Gasteiger partial charge in [-0.1, -0.05) is 23.7 Å². The van der Waals surface area contributed by atoms with Crippen molar-refractivity contribution in [2.75, 3.05) is 19.6 Å². The maximum absolute atomic E-state index is 12.1. The second-order valence-corrected chi connectivity index (χ2v) is 6.42. The molecule has 2 N–H and O–H groups in total. The van der Waals surface area contributed by atoms with E-state index < -0.39 is 0 Å². The van der Waals surface area contributed by atoms with Gasteiger partial charge in [-0.15, -0.1) is 0 Å². The zero-order chi connectivity index (χ0) is 16.5. The number of fused-ring (bicyclic) bond motifs is 1. The van der Waals surface area contributed by atoms with Gasteiger partial charge in [0.2, 0.25) is 0 Å². The molecule has 0 spiro atoms. The van der Waals surface area contributed by atoms with E-state index in [-0.39, 0.29) is 11.6 Å². The van der Waals surface area contributed by atoms with E-state index in [1.165, 1.54) is 10.1 Å². The van der Waals surface area contributed by atoms with Crippen molar-refractivity contribution in [2.45, 2.75) is 12.6 Å². The summed E-state index contributed by atoms with van der Waals surface area (Å²) in [7, 11) is 0. The second kappa shape index (κ2) is 6.39. The first-order valence-corrected chi connectivity index (χ1v) is 8.35. The summed E-state index contributed by atoms with van der Waals surface area (Å²) in [5, 5.41) is 7.03. The van der Waals surface area contributed by atoms with E-state index in [0.717, 1.165) is 30.4 Å². The minimum atomic E-state index is -0.0885. The number of aromatic amines is 1. The summed E-state index contributed by atoms with van der Waals surface area (Å²) in [5.74, 6) is 0. The van der Waals surface area contributed by atoms with Crippen LogP contribution in [0.5, 0.6) is 0 Å². The van der Waals surface area contributed by atoms with E-state index in [4.69, 9.17) is 11.6 Å². The van der Waals surface area contributed by atoms with Crippen LogP contribution in [0.25, 0.3) is 5.65 Å². The third-order valence-corrected chi connectivity index (χ3v) is 4.62. The fraction of sp³-hybridized carbons (Fsp3) is 0.294. The third-order valence-electron chi connectivity index (χ3n) is 4.39. The molecule has 0 bridgehead atoms. The summed E-state index contributed by atoms with van der Waals surface area (Å²) in [6.07, 6.45) is 1.72. The number of piperazine rings is 1. The van der Waals surface area contributed by atoms with Crippen LogP contribution in [-0.4, -0.2) is 39.1 Å². The molecule has 1 aliphatic rings. The van der Waals surface area contributed by atoms with Gasteiger partial charge in [-0.05, 0) is 17.7 Å². The molecule has 2 aromatic heterocycles. The van der Waals surface area contributed by atoms with Crippen LogP contribution in [0.3, 0.4) is 0 Å². The zero-order valence-corrected chi connectivity index (χ0v) is 13.8. The number of nitrogens with zero attached hydrogens (tertiary/aromatic N) is 3. The molecule has 7 heteroatoms. The van der Waals surface area contributed by atoms with Gasteiger partial charge in [0.15, 0.2) is 5.65 Å². The Bertz CT molecular complexity index is 918. The zero-order valence-electron chi connectivity index (χ0n) is 13.1. The SMILES string of the molecule is O=c1cc(CN2CCNCC2c2cccc(Cl)c2)nc2cc[nH]n12. The molecule has 1 atom stereocenters. The Morgan fingerprint density at radius 1 is 1.29 bits per heavy atom. The molecular formula is C17H18ClN5O. The van der Waals surface area contributed by atoms with Crippen molar-refractivity contribution in [2.24, 2.45) is 0 Å². The number of benzene rings is 1. The molecule has 1 aromatic carbocycles. The van der Waals surface area contributed by atoms with Gasteiger partial charge in [0.1, 0.15) is 0 Å². The summed E-state index contributed by atoms with van der Waals surface area (Å²) in [6.45, 7) is 3.30. The summed E-state index contributed by atoms with van der Waals surface area (Å²) >= 11 is 6.15. The molecular weight excluding hydrogens is 326 g/mol. The molecule has 6 nitrogen and oxygen atoms in total. The van der Waals surface area contributed by atoms with Gasteiger partial charge in [0.05, 0.1) is 5.69 Å². The van der Waals surface area contributed by atoms with Crippen LogP contribution in [-0.2, 0) is 6.54 Å². The van der Waals surface area contributed by atoms with Crippen LogP contribution in [0, 0.1) is 0 Å². The number of H-pyrrole nitrogens is 1. The highest BCUT2D eigenvalue weighted by atomic mass is 35.5. The van der Waals surface area contributed by atoms with Crippen LogP contribution < -0.4 is 10.9 Å². The monoisotopic (exact) mass is 343 g/mol. The number of rotatable bonds is 3. The Kier molecular flexibility index (Phi) is 4.10. The average molecular weight is 344 g/mol. The summed E-state index contributed by atoms with van der Waals surface area (Å²) in [5.41, 5.74) is 2.52. The standard InChI is InChI=1S/C17H18ClN5O/c18-13-3-1-2-12(8-13)15-10-19-6-7-22(15)11-14-9-17(24)23-16(21-14)4-5-20-23/h1-5,8-9,15,19-20H,6-7,10-11H2. The smallest absolute Gasteiger partial charge is 0.272 e. The van der Waals surface area contributed by atoms with E-state index >= 15 is 0 Å². The lowest BCUT2D eigenvalue weighted by Gasteiger charge is -2.36. The van der Waals surface area contributed by atoms with Crippen molar-refractivity contribution in [3.63, 3.8) is 0 Å². The molecule has 1 aliphatic heterocycles. The predicted octanol–water partition coefficient (Wildman–Crippen LogP) is 1.82. The Morgan fingerprint density at radius 2 is 2.21 bits per heavy atom. The second-order valence-electron chi connectivity index (χ2n) is 5.99. The van der Waals surface area contributed by atoms with Gasteiger partial charge in [0.25, 0.3) is 5.56 Å². The summed E-state index contributed by atoms with van der Waals surface area (Å²) in [4.78, 5) is 19.1. The number of nitrogens with one attached hydrogen (secondary N) is 2. The fourth-order valence-corrected chi connectivity index (χ4v) is 3.44. The van der Waals surface area contributed by atoms with Gasteiger partial charge >= 0.3 is 0 Å². The third kappa shape index (κ3) is 2.96. The summed E-state index contributed by atoms with van der Waals surface area (Å²) in [6, 6.07) is 11.6. The number of hydrogen-bond acceptors (Lipinski definition) is 4. The van der Waals surface area contributed by atoms with Crippen molar-refractivity contribution >= 4 is 17.2 Å². The Hall–Kier alpha value is -2.15. The highest BCUT2D eigenvalue weighted by Gasteiger charge is 2.24. The van der Waals surface area contributed by atoms with Gasteiger partial charge in [-0.25, -0.2) is 9.50 Å². The van der Waals surface area contributed by atoms with Crippen LogP contribution >= 0.6 is 11.6 Å². The topological polar surface area (TPSA) is 65.4 Å². The van der Waals surface area contributed by atoms with E-state index in [2.05, 4.69) is 26.4 Å².